The van der Waals surface area contributed by atoms with Crippen molar-refractivity contribution in [3.8, 4) is 0 Å². The maximum Gasteiger partial charge on any atom is 0.270 e. The van der Waals surface area contributed by atoms with Crippen LogP contribution in [0.4, 0.5) is 5.95 Å². The Bertz CT molecular complexity index is 393. The van der Waals surface area contributed by atoms with Crippen LogP contribution in [-0.4, -0.2) is 29.0 Å². The lowest BCUT2D eigenvalue weighted by atomic mass is 10.2. The number of amides is 1. The fourth-order valence-electron chi connectivity index (χ4n) is 1.53. The van der Waals surface area contributed by atoms with E-state index in [2.05, 4.69) is 41.4 Å². The molecule has 1 amide bonds. The summed E-state index contributed by atoms with van der Waals surface area (Å²) in [5.74, 6) is 0.804. The quantitative estimate of drug-likeness (QED) is 0.708. The molecule has 19 heavy (non-hydrogen) atoms. The van der Waals surface area contributed by atoms with Gasteiger partial charge in [0.05, 0.1) is 0 Å². The lowest BCUT2D eigenvalue weighted by molar-refractivity contribution is 0.0944. The first-order valence-electron chi connectivity index (χ1n) is 6.98. The molecule has 106 valence electrons. The van der Waals surface area contributed by atoms with E-state index in [0.29, 0.717) is 24.1 Å². The second kappa shape index (κ2) is 8.45. The van der Waals surface area contributed by atoms with Crippen LogP contribution in [0.3, 0.4) is 0 Å². The molecule has 0 unspecified atom stereocenters. The van der Waals surface area contributed by atoms with Gasteiger partial charge in [0.25, 0.3) is 5.91 Å². The standard InChI is InChI=1S/C14H24N4O/c1-4-5-6-8-15-14-16-9-7-12(18-14)13(19)17-10-11(2)3/h7,9,11H,4-6,8,10H2,1-3H3,(H,17,19)(H,15,16,18). The van der Waals surface area contributed by atoms with E-state index in [0.717, 1.165) is 13.0 Å². The third kappa shape index (κ3) is 6.18. The highest BCUT2D eigenvalue weighted by Gasteiger charge is 2.08. The van der Waals surface area contributed by atoms with Gasteiger partial charge in [-0.05, 0) is 18.4 Å². The van der Waals surface area contributed by atoms with Crippen molar-refractivity contribution in [3.63, 3.8) is 0 Å². The van der Waals surface area contributed by atoms with Crippen molar-refractivity contribution in [2.45, 2.75) is 40.0 Å². The predicted molar refractivity (Wildman–Crippen MR) is 77.2 cm³/mol. The van der Waals surface area contributed by atoms with E-state index in [1.54, 1.807) is 12.3 Å². The van der Waals surface area contributed by atoms with Gasteiger partial charge in [0, 0.05) is 19.3 Å². The Morgan fingerprint density at radius 3 is 2.84 bits per heavy atom. The third-order valence-electron chi connectivity index (χ3n) is 2.62. The Morgan fingerprint density at radius 1 is 1.37 bits per heavy atom. The number of carbonyl (C=O) groups excluding carboxylic acids is 1. The van der Waals surface area contributed by atoms with E-state index in [1.165, 1.54) is 12.8 Å². The smallest absolute Gasteiger partial charge is 0.270 e. The van der Waals surface area contributed by atoms with Crippen molar-refractivity contribution in [2.24, 2.45) is 5.92 Å². The van der Waals surface area contributed by atoms with E-state index < -0.39 is 0 Å². The fraction of sp³-hybridized carbons (Fsp3) is 0.643. The lowest BCUT2D eigenvalue weighted by Gasteiger charge is -2.08. The molecule has 0 bridgehead atoms. The fourth-order valence-corrected chi connectivity index (χ4v) is 1.53. The molecule has 0 aromatic carbocycles. The number of nitrogens with zero attached hydrogens (tertiary/aromatic N) is 2. The number of hydrogen-bond acceptors (Lipinski definition) is 4. The number of rotatable bonds is 8. The van der Waals surface area contributed by atoms with Gasteiger partial charge in [-0.15, -0.1) is 0 Å². The van der Waals surface area contributed by atoms with Crippen molar-refractivity contribution >= 4 is 11.9 Å². The van der Waals surface area contributed by atoms with Crippen LogP contribution < -0.4 is 10.6 Å². The van der Waals surface area contributed by atoms with Crippen LogP contribution in [0, 0.1) is 5.92 Å². The molecule has 0 atom stereocenters. The normalized spacial score (nSPS) is 10.5. The summed E-state index contributed by atoms with van der Waals surface area (Å²) < 4.78 is 0. The first-order valence-corrected chi connectivity index (χ1v) is 6.98. The molecule has 1 rings (SSSR count). The molecule has 0 aliphatic heterocycles. The first-order chi connectivity index (χ1) is 9.13. The number of carbonyl (C=O) groups is 1. The summed E-state index contributed by atoms with van der Waals surface area (Å²) >= 11 is 0. The van der Waals surface area contributed by atoms with Crippen LogP contribution in [-0.2, 0) is 0 Å². The van der Waals surface area contributed by atoms with Gasteiger partial charge in [0.15, 0.2) is 0 Å². The molecule has 0 aliphatic carbocycles. The largest absolute Gasteiger partial charge is 0.354 e. The number of nitrogens with one attached hydrogen (secondary N) is 2. The van der Waals surface area contributed by atoms with Crippen LogP contribution >= 0.6 is 0 Å². The van der Waals surface area contributed by atoms with Gasteiger partial charge in [0.2, 0.25) is 5.95 Å². The minimum Gasteiger partial charge on any atom is -0.354 e. The van der Waals surface area contributed by atoms with Crippen molar-refractivity contribution < 1.29 is 4.79 Å². The topological polar surface area (TPSA) is 66.9 Å². The van der Waals surface area contributed by atoms with Gasteiger partial charge in [-0.1, -0.05) is 33.6 Å². The van der Waals surface area contributed by atoms with E-state index in [4.69, 9.17) is 0 Å². The number of aromatic nitrogens is 2. The molecule has 1 heterocycles. The summed E-state index contributed by atoms with van der Waals surface area (Å²) in [5.41, 5.74) is 0.411. The van der Waals surface area contributed by atoms with E-state index in [9.17, 15) is 4.79 Å². The predicted octanol–water partition coefficient (Wildman–Crippen LogP) is 2.46. The Labute approximate surface area is 115 Å². The van der Waals surface area contributed by atoms with Crippen molar-refractivity contribution in [1.82, 2.24) is 15.3 Å². The molecule has 0 spiro atoms. The highest BCUT2D eigenvalue weighted by molar-refractivity contribution is 5.92. The Balaban J connectivity index is 2.49. The average molecular weight is 264 g/mol. The van der Waals surface area contributed by atoms with E-state index in [-0.39, 0.29) is 5.91 Å². The SMILES string of the molecule is CCCCCNc1nccc(C(=O)NCC(C)C)n1. The van der Waals surface area contributed by atoms with E-state index in [1.807, 2.05) is 0 Å². The molecule has 1 aromatic rings. The van der Waals surface area contributed by atoms with Crippen LogP contribution in [0.5, 0.6) is 0 Å². The molecule has 0 aliphatic rings. The maximum atomic E-state index is 11.8. The maximum absolute atomic E-state index is 11.8. The minimum absolute atomic E-state index is 0.146. The van der Waals surface area contributed by atoms with Gasteiger partial charge < -0.3 is 10.6 Å². The monoisotopic (exact) mass is 264 g/mol. The summed E-state index contributed by atoms with van der Waals surface area (Å²) in [6, 6.07) is 1.63. The van der Waals surface area contributed by atoms with Gasteiger partial charge in [-0.3, -0.25) is 4.79 Å². The average Bonchev–Trinajstić information content (AvgIpc) is 2.41. The molecule has 0 radical (unpaired) electrons. The molecule has 0 saturated carbocycles. The van der Waals surface area contributed by atoms with Crippen molar-refractivity contribution in [3.05, 3.63) is 18.0 Å². The molecule has 2 N–H and O–H groups in total. The van der Waals surface area contributed by atoms with Crippen LogP contribution in [0.25, 0.3) is 0 Å². The van der Waals surface area contributed by atoms with Crippen LogP contribution in [0.2, 0.25) is 0 Å². The Hall–Kier alpha value is -1.65. The second-order valence-corrected chi connectivity index (χ2v) is 5.00. The van der Waals surface area contributed by atoms with E-state index >= 15 is 0 Å². The molecular weight excluding hydrogens is 240 g/mol. The third-order valence-corrected chi connectivity index (χ3v) is 2.62. The Morgan fingerprint density at radius 2 is 2.16 bits per heavy atom. The zero-order valence-corrected chi connectivity index (χ0v) is 12.1. The lowest BCUT2D eigenvalue weighted by Crippen LogP contribution is -2.28. The second-order valence-electron chi connectivity index (χ2n) is 5.00. The molecule has 0 saturated heterocycles. The zero-order chi connectivity index (χ0) is 14.1. The summed E-state index contributed by atoms with van der Waals surface area (Å²) in [5, 5.41) is 5.98. The Kier molecular flexibility index (Phi) is 6.85. The first kappa shape index (κ1) is 15.4. The summed E-state index contributed by atoms with van der Waals surface area (Å²) in [6.07, 6.45) is 5.06. The van der Waals surface area contributed by atoms with Crippen LogP contribution in [0.1, 0.15) is 50.5 Å². The zero-order valence-electron chi connectivity index (χ0n) is 12.1. The molecular formula is C14H24N4O. The van der Waals surface area contributed by atoms with Crippen molar-refractivity contribution in [1.29, 1.82) is 0 Å². The van der Waals surface area contributed by atoms with Gasteiger partial charge >= 0.3 is 0 Å². The summed E-state index contributed by atoms with van der Waals surface area (Å²) in [6.45, 7) is 7.77. The summed E-state index contributed by atoms with van der Waals surface area (Å²) in [4.78, 5) is 20.2. The molecule has 5 nitrogen and oxygen atoms in total. The summed E-state index contributed by atoms with van der Waals surface area (Å²) in [7, 11) is 0. The number of anilines is 1. The number of hydrogen-bond donors (Lipinski definition) is 2. The highest BCUT2D eigenvalue weighted by Crippen LogP contribution is 2.02. The molecule has 5 heteroatoms. The van der Waals surface area contributed by atoms with Gasteiger partial charge in [0.1, 0.15) is 5.69 Å². The van der Waals surface area contributed by atoms with Gasteiger partial charge in [-0.25, -0.2) is 9.97 Å². The highest BCUT2D eigenvalue weighted by atomic mass is 16.1. The molecule has 0 fully saturated rings. The van der Waals surface area contributed by atoms with Crippen LogP contribution in [0.15, 0.2) is 12.3 Å². The molecule has 1 aromatic heterocycles. The van der Waals surface area contributed by atoms with Crippen molar-refractivity contribution in [2.75, 3.05) is 18.4 Å². The minimum atomic E-state index is -0.146. The van der Waals surface area contributed by atoms with Gasteiger partial charge in [-0.2, -0.15) is 0 Å². The number of unbranched alkanes of at least 4 members (excludes halogenated alkanes) is 2.